The zero-order valence-electron chi connectivity index (χ0n) is 8.99. The van der Waals surface area contributed by atoms with E-state index in [0.717, 1.165) is 30.4 Å². The van der Waals surface area contributed by atoms with Crippen molar-refractivity contribution < 1.29 is 9.84 Å². The van der Waals surface area contributed by atoms with E-state index in [-0.39, 0.29) is 5.54 Å². The molecule has 0 aromatic heterocycles. The van der Waals surface area contributed by atoms with Crippen LogP contribution in [0, 0.1) is 0 Å². The molecule has 1 aromatic rings. The van der Waals surface area contributed by atoms with Crippen molar-refractivity contribution in [3.63, 3.8) is 0 Å². The zero-order valence-corrected chi connectivity index (χ0v) is 8.99. The SMILES string of the molecule is COCc1cccc(CC2(N)CC2)c1O. The summed E-state index contributed by atoms with van der Waals surface area (Å²) in [5.74, 6) is 0.344. The number of benzene rings is 1. The van der Waals surface area contributed by atoms with Crippen molar-refractivity contribution >= 4 is 0 Å². The van der Waals surface area contributed by atoms with E-state index in [2.05, 4.69) is 0 Å². The summed E-state index contributed by atoms with van der Waals surface area (Å²) in [6.07, 6.45) is 2.87. The molecule has 3 N–H and O–H groups in total. The van der Waals surface area contributed by atoms with Crippen LogP contribution in [-0.2, 0) is 17.8 Å². The van der Waals surface area contributed by atoms with Crippen LogP contribution in [0.3, 0.4) is 0 Å². The van der Waals surface area contributed by atoms with E-state index < -0.39 is 0 Å². The minimum absolute atomic E-state index is 0.0663. The Balaban J connectivity index is 2.19. The Morgan fingerprint density at radius 1 is 1.40 bits per heavy atom. The van der Waals surface area contributed by atoms with Gasteiger partial charge < -0.3 is 15.6 Å². The lowest BCUT2D eigenvalue weighted by molar-refractivity contribution is 0.182. The number of ether oxygens (including phenoxy) is 1. The van der Waals surface area contributed by atoms with Gasteiger partial charge in [0.2, 0.25) is 0 Å². The van der Waals surface area contributed by atoms with Gasteiger partial charge in [0.15, 0.2) is 0 Å². The molecule has 1 aromatic carbocycles. The van der Waals surface area contributed by atoms with Crippen molar-refractivity contribution in [2.45, 2.75) is 31.4 Å². The molecule has 1 saturated carbocycles. The van der Waals surface area contributed by atoms with Crippen LogP contribution in [0.1, 0.15) is 24.0 Å². The molecule has 2 rings (SSSR count). The van der Waals surface area contributed by atoms with E-state index in [1.54, 1.807) is 7.11 Å². The number of hydrogen-bond acceptors (Lipinski definition) is 3. The Hall–Kier alpha value is -1.06. The van der Waals surface area contributed by atoms with Crippen LogP contribution in [0.2, 0.25) is 0 Å². The fourth-order valence-corrected chi connectivity index (χ4v) is 1.78. The molecule has 1 fully saturated rings. The van der Waals surface area contributed by atoms with E-state index >= 15 is 0 Å². The van der Waals surface area contributed by atoms with Gasteiger partial charge in [-0.25, -0.2) is 0 Å². The maximum absolute atomic E-state index is 9.98. The molecule has 1 aliphatic rings. The third-order valence-electron chi connectivity index (χ3n) is 2.94. The minimum atomic E-state index is -0.0663. The van der Waals surface area contributed by atoms with Gasteiger partial charge in [-0.05, 0) is 24.8 Å². The van der Waals surface area contributed by atoms with Crippen LogP contribution in [0.25, 0.3) is 0 Å². The first-order valence-corrected chi connectivity index (χ1v) is 5.22. The topological polar surface area (TPSA) is 55.5 Å². The van der Waals surface area contributed by atoms with Crippen molar-refractivity contribution in [1.82, 2.24) is 0 Å². The maximum atomic E-state index is 9.98. The number of rotatable bonds is 4. The highest BCUT2D eigenvalue weighted by molar-refractivity contribution is 5.41. The Morgan fingerprint density at radius 2 is 2.07 bits per heavy atom. The first-order valence-electron chi connectivity index (χ1n) is 5.22. The summed E-state index contributed by atoms with van der Waals surface area (Å²) in [6, 6.07) is 5.75. The highest BCUT2D eigenvalue weighted by atomic mass is 16.5. The summed E-state index contributed by atoms with van der Waals surface area (Å²) in [7, 11) is 1.62. The molecule has 0 saturated heterocycles. The molecular weight excluding hydrogens is 190 g/mol. The Bertz CT molecular complexity index is 359. The van der Waals surface area contributed by atoms with Crippen LogP contribution in [0.4, 0.5) is 0 Å². The van der Waals surface area contributed by atoms with Crippen molar-refractivity contribution in [2.75, 3.05) is 7.11 Å². The molecule has 0 aliphatic heterocycles. The number of methoxy groups -OCH3 is 1. The molecular formula is C12H17NO2. The summed E-state index contributed by atoms with van der Waals surface area (Å²) in [5, 5.41) is 9.98. The van der Waals surface area contributed by atoms with E-state index in [9.17, 15) is 5.11 Å². The van der Waals surface area contributed by atoms with Gasteiger partial charge in [0.1, 0.15) is 5.75 Å². The number of phenols is 1. The standard InChI is InChI=1S/C12H17NO2/c1-15-8-10-4-2-3-9(11(10)14)7-12(13)5-6-12/h2-4,14H,5-8,13H2,1H3. The first-order chi connectivity index (χ1) is 7.14. The number of aromatic hydroxyl groups is 1. The summed E-state index contributed by atoms with van der Waals surface area (Å²) in [6.45, 7) is 0.442. The lowest BCUT2D eigenvalue weighted by Gasteiger charge is -2.12. The second-order valence-corrected chi connectivity index (χ2v) is 4.40. The van der Waals surface area contributed by atoms with Crippen LogP contribution < -0.4 is 5.73 Å². The van der Waals surface area contributed by atoms with Gasteiger partial charge >= 0.3 is 0 Å². The van der Waals surface area contributed by atoms with Gasteiger partial charge in [0.05, 0.1) is 6.61 Å². The molecule has 82 valence electrons. The molecule has 3 nitrogen and oxygen atoms in total. The van der Waals surface area contributed by atoms with Crippen LogP contribution >= 0.6 is 0 Å². The molecule has 3 heteroatoms. The molecule has 15 heavy (non-hydrogen) atoms. The smallest absolute Gasteiger partial charge is 0.124 e. The second-order valence-electron chi connectivity index (χ2n) is 4.40. The predicted octanol–water partition coefficient (Wildman–Crippen LogP) is 1.57. The van der Waals surface area contributed by atoms with Crippen molar-refractivity contribution in [2.24, 2.45) is 5.73 Å². The fraction of sp³-hybridized carbons (Fsp3) is 0.500. The molecule has 0 spiro atoms. The lowest BCUT2D eigenvalue weighted by atomic mass is 10.0. The van der Waals surface area contributed by atoms with Gasteiger partial charge in [-0.2, -0.15) is 0 Å². The molecule has 0 unspecified atom stereocenters. The molecule has 0 atom stereocenters. The number of phenolic OH excluding ortho intramolecular Hbond substituents is 1. The van der Waals surface area contributed by atoms with Gasteiger partial charge in [-0.15, -0.1) is 0 Å². The largest absolute Gasteiger partial charge is 0.507 e. The third kappa shape index (κ3) is 2.30. The van der Waals surface area contributed by atoms with Gasteiger partial charge in [0, 0.05) is 18.2 Å². The second kappa shape index (κ2) is 3.83. The number of nitrogens with two attached hydrogens (primary N) is 1. The molecule has 0 heterocycles. The van der Waals surface area contributed by atoms with E-state index in [4.69, 9.17) is 10.5 Å². The average Bonchev–Trinajstić information content (AvgIpc) is 2.91. The lowest BCUT2D eigenvalue weighted by Crippen LogP contribution is -2.24. The molecule has 1 aliphatic carbocycles. The van der Waals surface area contributed by atoms with Crippen LogP contribution in [0.5, 0.6) is 5.75 Å². The Labute approximate surface area is 89.9 Å². The molecule has 0 radical (unpaired) electrons. The first kappa shape index (κ1) is 10.5. The van der Waals surface area contributed by atoms with Crippen LogP contribution in [0.15, 0.2) is 18.2 Å². The Kier molecular flexibility index (Phi) is 2.67. The Morgan fingerprint density at radius 3 is 2.67 bits per heavy atom. The summed E-state index contributed by atoms with van der Waals surface area (Å²) in [5.41, 5.74) is 7.73. The van der Waals surface area contributed by atoms with E-state index in [1.807, 2.05) is 18.2 Å². The third-order valence-corrected chi connectivity index (χ3v) is 2.94. The summed E-state index contributed by atoms with van der Waals surface area (Å²) < 4.78 is 5.02. The van der Waals surface area contributed by atoms with Crippen LogP contribution in [-0.4, -0.2) is 17.8 Å². The van der Waals surface area contributed by atoms with Gasteiger partial charge in [-0.1, -0.05) is 18.2 Å². The monoisotopic (exact) mass is 207 g/mol. The average molecular weight is 207 g/mol. The number of hydrogen-bond donors (Lipinski definition) is 2. The van der Waals surface area contributed by atoms with E-state index in [0.29, 0.717) is 12.4 Å². The van der Waals surface area contributed by atoms with Crippen molar-refractivity contribution in [3.8, 4) is 5.75 Å². The van der Waals surface area contributed by atoms with Crippen molar-refractivity contribution in [1.29, 1.82) is 0 Å². The highest BCUT2D eigenvalue weighted by Gasteiger charge is 2.38. The predicted molar refractivity (Wildman–Crippen MR) is 58.7 cm³/mol. The summed E-state index contributed by atoms with van der Waals surface area (Å²) in [4.78, 5) is 0. The molecule has 0 bridgehead atoms. The minimum Gasteiger partial charge on any atom is -0.507 e. The van der Waals surface area contributed by atoms with Crippen molar-refractivity contribution in [3.05, 3.63) is 29.3 Å². The molecule has 0 amide bonds. The van der Waals surface area contributed by atoms with Gasteiger partial charge in [0.25, 0.3) is 0 Å². The van der Waals surface area contributed by atoms with E-state index in [1.165, 1.54) is 0 Å². The number of para-hydroxylation sites is 1. The van der Waals surface area contributed by atoms with Gasteiger partial charge in [-0.3, -0.25) is 0 Å². The normalized spacial score (nSPS) is 17.7. The highest BCUT2D eigenvalue weighted by Crippen LogP contribution is 2.38. The zero-order chi connectivity index (χ0) is 10.9. The fourth-order valence-electron chi connectivity index (χ4n) is 1.78. The maximum Gasteiger partial charge on any atom is 0.124 e. The summed E-state index contributed by atoms with van der Waals surface area (Å²) >= 11 is 0. The quantitative estimate of drug-likeness (QED) is 0.788.